The molecular formula is C18H16F3N3O. The number of carbonyl (C=O) groups excluding carboxylic acids is 1. The van der Waals surface area contributed by atoms with Gasteiger partial charge in [-0.05, 0) is 29.8 Å². The Morgan fingerprint density at radius 1 is 1.08 bits per heavy atom. The van der Waals surface area contributed by atoms with Crippen LogP contribution >= 0.6 is 0 Å². The third-order valence-corrected chi connectivity index (χ3v) is 3.77. The van der Waals surface area contributed by atoms with Crippen molar-refractivity contribution in [2.75, 3.05) is 6.54 Å². The maximum Gasteiger partial charge on any atom is 0.416 e. The second-order valence-corrected chi connectivity index (χ2v) is 5.67. The second-order valence-electron chi connectivity index (χ2n) is 5.67. The van der Waals surface area contributed by atoms with Gasteiger partial charge in [0.2, 0.25) is 5.91 Å². The molecule has 1 aromatic heterocycles. The molecule has 0 saturated carbocycles. The van der Waals surface area contributed by atoms with Crippen molar-refractivity contribution in [2.45, 2.75) is 19.0 Å². The predicted molar refractivity (Wildman–Crippen MR) is 88.0 cm³/mol. The number of hydrogen-bond acceptors (Lipinski definition) is 2. The number of aromatic nitrogens is 2. The number of halogens is 3. The molecule has 3 rings (SSSR count). The number of rotatable bonds is 5. The second kappa shape index (κ2) is 6.96. The molecule has 7 heteroatoms. The monoisotopic (exact) mass is 347 g/mol. The van der Waals surface area contributed by atoms with Crippen LogP contribution < -0.4 is 5.32 Å². The van der Waals surface area contributed by atoms with Gasteiger partial charge in [-0.3, -0.25) is 4.79 Å². The molecule has 1 amide bonds. The van der Waals surface area contributed by atoms with Crippen LogP contribution in [0.25, 0.3) is 11.0 Å². The molecule has 2 N–H and O–H groups in total. The number of hydrogen-bond donors (Lipinski definition) is 2. The number of nitrogens with one attached hydrogen (secondary N) is 2. The summed E-state index contributed by atoms with van der Waals surface area (Å²) in [6, 6.07) is 12.2. The van der Waals surface area contributed by atoms with E-state index in [1.54, 1.807) is 0 Å². The van der Waals surface area contributed by atoms with Gasteiger partial charge >= 0.3 is 6.18 Å². The Bertz CT molecular complexity index is 836. The smallest absolute Gasteiger partial charge is 0.355 e. The van der Waals surface area contributed by atoms with E-state index in [0.29, 0.717) is 18.5 Å². The van der Waals surface area contributed by atoms with Crippen molar-refractivity contribution in [3.8, 4) is 0 Å². The topological polar surface area (TPSA) is 57.8 Å². The molecule has 130 valence electrons. The van der Waals surface area contributed by atoms with Gasteiger partial charge in [-0.25, -0.2) is 4.98 Å². The number of H-pyrrole nitrogens is 1. The third-order valence-electron chi connectivity index (χ3n) is 3.77. The molecule has 0 aliphatic heterocycles. The van der Waals surface area contributed by atoms with Crippen molar-refractivity contribution >= 4 is 16.9 Å². The highest BCUT2D eigenvalue weighted by Gasteiger charge is 2.29. The maximum atomic E-state index is 12.5. The standard InChI is InChI=1S/C18H16F3N3O/c19-18(20,21)13-7-5-12(6-8-13)11-17(25)22-10-9-16-23-14-3-1-2-4-15(14)24-16/h1-8H,9-11H2,(H,22,25)(H,23,24). The normalized spacial score (nSPS) is 11.6. The highest BCUT2D eigenvalue weighted by molar-refractivity contribution is 5.78. The zero-order chi connectivity index (χ0) is 17.9. The Morgan fingerprint density at radius 3 is 2.48 bits per heavy atom. The molecule has 0 spiro atoms. The summed E-state index contributed by atoms with van der Waals surface area (Å²) in [5.74, 6) is 0.534. The van der Waals surface area contributed by atoms with E-state index >= 15 is 0 Å². The minimum Gasteiger partial charge on any atom is -0.355 e. The van der Waals surface area contributed by atoms with Gasteiger partial charge in [-0.1, -0.05) is 24.3 Å². The average Bonchev–Trinajstić information content (AvgIpc) is 2.97. The third kappa shape index (κ3) is 4.37. The van der Waals surface area contributed by atoms with Crippen LogP contribution in [0.5, 0.6) is 0 Å². The lowest BCUT2D eigenvalue weighted by molar-refractivity contribution is -0.137. The van der Waals surface area contributed by atoms with Crippen LogP contribution in [0.3, 0.4) is 0 Å². The zero-order valence-electron chi connectivity index (χ0n) is 13.2. The molecule has 0 fully saturated rings. The molecule has 1 heterocycles. The number of fused-ring (bicyclic) bond motifs is 1. The van der Waals surface area contributed by atoms with Crippen molar-refractivity contribution < 1.29 is 18.0 Å². The van der Waals surface area contributed by atoms with Crippen molar-refractivity contribution in [1.29, 1.82) is 0 Å². The van der Waals surface area contributed by atoms with Gasteiger partial charge in [-0.15, -0.1) is 0 Å². The first-order valence-electron chi connectivity index (χ1n) is 7.78. The summed E-state index contributed by atoms with van der Waals surface area (Å²) in [7, 11) is 0. The molecule has 0 saturated heterocycles. The van der Waals surface area contributed by atoms with Gasteiger partial charge in [0, 0.05) is 13.0 Å². The number of benzene rings is 2. The molecule has 0 unspecified atom stereocenters. The van der Waals surface area contributed by atoms with E-state index in [4.69, 9.17) is 0 Å². The van der Waals surface area contributed by atoms with Gasteiger partial charge in [-0.2, -0.15) is 13.2 Å². The van der Waals surface area contributed by atoms with Crippen LogP contribution in [-0.2, 0) is 23.8 Å². The molecule has 0 aliphatic rings. The molecule has 0 atom stereocenters. The van der Waals surface area contributed by atoms with E-state index in [2.05, 4.69) is 15.3 Å². The minimum atomic E-state index is -4.37. The van der Waals surface area contributed by atoms with Gasteiger partial charge in [0.05, 0.1) is 23.0 Å². The average molecular weight is 347 g/mol. The minimum absolute atomic E-state index is 0.0399. The van der Waals surface area contributed by atoms with Crippen LogP contribution in [0.15, 0.2) is 48.5 Å². The molecule has 0 bridgehead atoms. The van der Waals surface area contributed by atoms with Gasteiger partial charge in [0.1, 0.15) is 5.82 Å². The van der Waals surface area contributed by atoms with Crippen LogP contribution in [0.2, 0.25) is 0 Å². The summed E-state index contributed by atoms with van der Waals surface area (Å²) in [5.41, 5.74) is 1.62. The number of alkyl halides is 3. The Morgan fingerprint density at radius 2 is 1.80 bits per heavy atom. The van der Waals surface area contributed by atoms with Crippen LogP contribution in [0.1, 0.15) is 17.0 Å². The molecule has 3 aromatic rings. The largest absolute Gasteiger partial charge is 0.416 e. The van der Waals surface area contributed by atoms with Crippen LogP contribution in [-0.4, -0.2) is 22.4 Å². The Kier molecular flexibility index (Phi) is 4.74. The number of imidazole rings is 1. The molecular weight excluding hydrogens is 331 g/mol. The van der Waals surface area contributed by atoms with E-state index in [1.165, 1.54) is 12.1 Å². The predicted octanol–water partition coefficient (Wildman–Crippen LogP) is 3.48. The number of nitrogens with zero attached hydrogens (tertiary/aromatic N) is 1. The van der Waals surface area contributed by atoms with Gasteiger partial charge in [0.25, 0.3) is 0 Å². The Balaban J connectivity index is 1.49. The Labute approximate surface area is 142 Å². The number of carbonyl (C=O) groups is 1. The van der Waals surface area contributed by atoms with E-state index in [9.17, 15) is 18.0 Å². The first-order valence-corrected chi connectivity index (χ1v) is 7.78. The molecule has 25 heavy (non-hydrogen) atoms. The lowest BCUT2D eigenvalue weighted by Crippen LogP contribution is -2.27. The van der Waals surface area contributed by atoms with E-state index in [0.717, 1.165) is 29.0 Å². The van der Waals surface area contributed by atoms with Crippen molar-refractivity contribution in [3.05, 3.63) is 65.5 Å². The first-order chi connectivity index (χ1) is 11.9. The van der Waals surface area contributed by atoms with Crippen molar-refractivity contribution in [1.82, 2.24) is 15.3 Å². The Hall–Kier alpha value is -2.83. The summed E-state index contributed by atoms with van der Waals surface area (Å²) in [6.45, 7) is 0.402. The number of para-hydroxylation sites is 2. The fourth-order valence-electron chi connectivity index (χ4n) is 2.50. The molecule has 0 radical (unpaired) electrons. The molecule has 4 nitrogen and oxygen atoms in total. The van der Waals surface area contributed by atoms with E-state index in [-0.39, 0.29) is 12.3 Å². The highest BCUT2D eigenvalue weighted by atomic mass is 19.4. The zero-order valence-corrected chi connectivity index (χ0v) is 13.2. The van der Waals surface area contributed by atoms with Crippen molar-refractivity contribution in [2.24, 2.45) is 0 Å². The SMILES string of the molecule is O=C(Cc1ccc(C(F)(F)F)cc1)NCCc1nc2ccccc2[nH]1. The summed E-state index contributed by atoms with van der Waals surface area (Å²) < 4.78 is 37.5. The molecule has 0 aliphatic carbocycles. The molecule has 2 aromatic carbocycles. The highest BCUT2D eigenvalue weighted by Crippen LogP contribution is 2.29. The quantitative estimate of drug-likeness (QED) is 0.742. The lowest BCUT2D eigenvalue weighted by Gasteiger charge is -2.08. The van der Waals surface area contributed by atoms with E-state index in [1.807, 2.05) is 24.3 Å². The number of aromatic amines is 1. The summed E-state index contributed by atoms with van der Waals surface area (Å²) in [6.07, 6.45) is -3.78. The lowest BCUT2D eigenvalue weighted by atomic mass is 10.1. The summed E-state index contributed by atoms with van der Waals surface area (Å²) in [5, 5.41) is 2.75. The summed E-state index contributed by atoms with van der Waals surface area (Å²) in [4.78, 5) is 19.5. The fraction of sp³-hybridized carbons (Fsp3) is 0.222. The van der Waals surface area contributed by atoms with E-state index < -0.39 is 11.7 Å². The summed E-state index contributed by atoms with van der Waals surface area (Å²) >= 11 is 0. The van der Waals surface area contributed by atoms with Gasteiger partial charge < -0.3 is 10.3 Å². The number of amides is 1. The fourth-order valence-corrected chi connectivity index (χ4v) is 2.50. The van der Waals surface area contributed by atoms with Gasteiger partial charge in [0.15, 0.2) is 0 Å². The van der Waals surface area contributed by atoms with Crippen molar-refractivity contribution in [3.63, 3.8) is 0 Å². The van der Waals surface area contributed by atoms with Crippen LogP contribution in [0, 0.1) is 0 Å². The first kappa shape index (κ1) is 17.0. The maximum absolute atomic E-state index is 12.5. The van der Waals surface area contributed by atoms with Crippen LogP contribution in [0.4, 0.5) is 13.2 Å².